The van der Waals surface area contributed by atoms with E-state index < -0.39 is 0 Å². The number of aldehydes is 1. The standard InChI is InChI=1S/C36H67N7O9/c1-3-4-5-19-47-20-12-37-10-11-38-32(2)39-13-21-48-23-25-50-27-29-52-30-28-51-26-24-49-22-14-40-36(46)41-33-8-15-42(16-9-33)17-18-43-34(31-44)6-7-35(43)45/h6-7,31,33,37-39,45H,2-5,8-30H2,1H3,(H2,40,41,46). The minimum absolute atomic E-state index is 0.0964. The van der Waals surface area contributed by atoms with E-state index >= 15 is 0 Å². The van der Waals surface area contributed by atoms with Gasteiger partial charge >= 0.3 is 6.03 Å². The lowest BCUT2D eigenvalue weighted by atomic mass is 10.1. The van der Waals surface area contributed by atoms with Crippen LogP contribution < -0.4 is 26.6 Å². The van der Waals surface area contributed by atoms with Crippen molar-refractivity contribution in [2.24, 2.45) is 0 Å². The molecule has 1 fully saturated rings. The van der Waals surface area contributed by atoms with Gasteiger partial charge in [0.2, 0.25) is 0 Å². The molecule has 2 heterocycles. The molecule has 16 heteroatoms. The molecule has 1 aliphatic rings. The van der Waals surface area contributed by atoms with E-state index in [4.69, 9.17) is 28.4 Å². The van der Waals surface area contributed by atoms with E-state index in [1.165, 1.54) is 18.9 Å². The third-order valence-electron chi connectivity index (χ3n) is 8.24. The topological polar surface area (TPSA) is 178 Å². The Morgan fingerprint density at radius 1 is 0.750 bits per heavy atom. The molecule has 0 spiro atoms. The number of carbonyl (C=O) groups excluding carboxylic acids is 2. The number of piperidine rings is 1. The van der Waals surface area contributed by atoms with Gasteiger partial charge in [0, 0.05) is 77.6 Å². The van der Waals surface area contributed by atoms with Crippen molar-refractivity contribution < 1.29 is 43.1 Å². The molecule has 6 N–H and O–H groups in total. The van der Waals surface area contributed by atoms with Crippen LogP contribution in [0.2, 0.25) is 0 Å². The van der Waals surface area contributed by atoms with Crippen LogP contribution in [-0.4, -0.2) is 165 Å². The number of nitrogens with one attached hydrogen (secondary N) is 5. The van der Waals surface area contributed by atoms with Crippen LogP contribution in [0.5, 0.6) is 5.88 Å². The van der Waals surface area contributed by atoms with E-state index in [0.29, 0.717) is 91.4 Å². The Hall–Kier alpha value is -2.96. The molecule has 0 aromatic carbocycles. The molecule has 2 amide bonds. The number of carbonyl (C=O) groups is 2. The van der Waals surface area contributed by atoms with Gasteiger partial charge < -0.3 is 69.6 Å². The second kappa shape index (κ2) is 31.6. The number of aromatic nitrogens is 1. The third-order valence-corrected chi connectivity index (χ3v) is 8.24. The molecule has 2 rings (SSSR count). The minimum atomic E-state index is -0.197. The first-order valence-electron chi connectivity index (χ1n) is 19.0. The molecule has 1 saturated heterocycles. The third kappa shape index (κ3) is 23.6. The Bertz CT molecular complexity index is 1040. The Kier molecular flexibility index (Phi) is 27.4. The van der Waals surface area contributed by atoms with Crippen LogP contribution in [-0.2, 0) is 35.0 Å². The Balaban J connectivity index is 1.24. The lowest BCUT2D eigenvalue weighted by Crippen LogP contribution is -2.48. The van der Waals surface area contributed by atoms with Crippen LogP contribution in [0, 0.1) is 0 Å². The molecular weight excluding hydrogens is 674 g/mol. The number of ether oxygens (including phenoxy) is 6. The van der Waals surface area contributed by atoms with Crippen molar-refractivity contribution in [2.75, 3.05) is 132 Å². The highest BCUT2D eigenvalue weighted by Crippen LogP contribution is 2.16. The SMILES string of the molecule is C=C(NCCNCCOCCCCC)NCCOCCOCCOCCOCCOCCNC(=O)NC1CCN(CCn2c(O)ccc2C=O)CC1. The lowest BCUT2D eigenvalue weighted by molar-refractivity contribution is -0.0104. The predicted molar refractivity (Wildman–Crippen MR) is 200 cm³/mol. The number of rotatable bonds is 35. The van der Waals surface area contributed by atoms with Gasteiger partial charge in [0.1, 0.15) is 0 Å². The summed E-state index contributed by atoms with van der Waals surface area (Å²) in [5.41, 5.74) is 0.467. The van der Waals surface area contributed by atoms with Gasteiger partial charge in [0.25, 0.3) is 0 Å². The van der Waals surface area contributed by atoms with Gasteiger partial charge in [-0.1, -0.05) is 26.3 Å². The summed E-state index contributed by atoms with van der Waals surface area (Å²) in [5.74, 6) is 0.880. The molecule has 0 unspecified atom stereocenters. The van der Waals surface area contributed by atoms with Crippen molar-refractivity contribution in [3.63, 3.8) is 0 Å². The zero-order chi connectivity index (χ0) is 37.3. The highest BCUT2D eigenvalue weighted by Gasteiger charge is 2.21. The first-order valence-corrected chi connectivity index (χ1v) is 19.0. The summed E-state index contributed by atoms with van der Waals surface area (Å²) >= 11 is 0. The molecule has 1 aromatic rings. The van der Waals surface area contributed by atoms with Crippen molar-refractivity contribution in [1.29, 1.82) is 0 Å². The molecule has 52 heavy (non-hydrogen) atoms. The summed E-state index contributed by atoms with van der Waals surface area (Å²) in [6, 6.07) is 3.05. The maximum atomic E-state index is 12.2. The van der Waals surface area contributed by atoms with Crippen LogP contribution in [0.4, 0.5) is 4.79 Å². The van der Waals surface area contributed by atoms with Crippen molar-refractivity contribution in [3.05, 3.63) is 30.2 Å². The van der Waals surface area contributed by atoms with Crippen LogP contribution in [0.1, 0.15) is 49.5 Å². The molecule has 16 nitrogen and oxygen atoms in total. The average Bonchev–Trinajstić information content (AvgIpc) is 3.51. The Morgan fingerprint density at radius 3 is 1.92 bits per heavy atom. The molecule has 1 aliphatic heterocycles. The van der Waals surface area contributed by atoms with E-state index in [1.54, 1.807) is 10.6 Å². The van der Waals surface area contributed by atoms with Gasteiger partial charge in [-0.2, -0.15) is 0 Å². The van der Waals surface area contributed by atoms with Gasteiger partial charge in [0.05, 0.1) is 84.2 Å². The summed E-state index contributed by atoms with van der Waals surface area (Å²) in [5, 5.41) is 25.5. The maximum Gasteiger partial charge on any atom is 0.315 e. The summed E-state index contributed by atoms with van der Waals surface area (Å²) in [4.78, 5) is 25.6. The number of amides is 2. The first-order chi connectivity index (χ1) is 25.5. The van der Waals surface area contributed by atoms with Gasteiger partial charge in [-0.15, -0.1) is 0 Å². The molecule has 0 saturated carbocycles. The van der Waals surface area contributed by atoms with Crippen LogP contribution >= 0.6 is 0 Å². The number of hydrogen-bond acceptors (Lipinski definition) is 13. The van der Waals surface area contributed by atoms with Crippen molar-refractivity contribution in [3.8, 4) is 5.88 Å². The molecular formula is C36H67N7O9. The summed E-state index contributed by atoms with van der Waals surface area (Å²) in [6.45, 7) is 19.1. The normalized spacial score (nSPS) is 13.6. The number of urea groups is 1. The van der Waals surface area contributed by atoms with Gasteiger partial charge in [0.15, 0.2) is 12.2 Å². The fourth-order valence-corrected chi connectivity index (χ4v) is 5.28. The number of hydrogen-bond donors (Lipinski definition) is 6. The van der Waals surface area contributed by atoms with E-state index in [2.05, 4.69) is 45.0 Å². The summed E-state index contributed by atoms with van der Waals surface area (Å²) in [7, 11) is 0. The van der Waals surface area contributed by atoms with Crippen LogP contribution in [0.25, 0.3) is 0 Å². The lowest BCUT2D eigenvalue weighted by Gasteiger charge is -2.32. The fraction of sp³-hybridized carbons (Fsp3) is 0.778. The smallest absolute Gasteiger partial charge is 0.315 e. The number of nitrogens with zero attached hydrogens (tertiary/aromatic N) is 2. The van der Waals surface area contributed by atoms with Gasteiger partial charge in [-0.05, 0) is 25.3 Å². The molecule has 1 aromatic heterocycles. The van der Waals surface area contributed by atoms with Crippen molar-refractivity contribution >= 4 is 12.3 Å². The predicted octanol–water partition coefficient (Wildman–Crippen LogP) is 1.30. The quantitative estimate of drug-likeness (QED) is 0.0434. The Morgan fingerprint density at radius 2 is 1.31 bits per heavy atom. The molecule has 0 atom stereocenters. The maximum absolute atomic E-state index is 12.2. The summed E-state index contributed by atoms with van der Waals surface area (Å²) < 4.78 is 34.8. The average molecular weight is 742 g/mol. The van der Waals surface area contributed by atoms with E-state index in [0.717, 1.165) is 83.9 Å². The van der Waals surface area contributed by atoms with Gasteiger partial charge in [-0.25, -0.2) is 4.79 Å². The second-order valence-corrected chi connectivity index (χ2v) is 12.4. The minimum Gasteiger partial charge on any atom is -0.494 e. The second-order valence-electron chi connectivity index (χ2n) is 12.4. The van der Waals surface area contributed by atoms with E-state index in [-0.39, 0.29) is 18.0 Å². The number of likely N-dealkylation sites (tertiary alicyclic amines) is 1. The van der Waals surface area contributed by atoms with Crippen LogP contribution in [0.3, 0.4) is 0 Å². The molecule has 0 aliphatic carbocycles. The number of aromatic hydroxyl groups is 1. The van der Waals surface area contributed by atoms with Crippen LogP contribution in [0.15, 0.2) is 24.5 Å². The van der Waals surface area contributed by atoms with E-state index in [9.17, 15) is 14.7 Å². The highest BCUT2D eigenvalue weighted by molar-refractivity contribution is 5.74. The number of unbranched alkanes of at least 4 members (excludes halogenated alkanes) is 2. The Labute approximate surface area is 310 Å². The zero-order valence-corrected chi connectivity index (χ0v) is 31.5. The van der Waals surface area contributed by atoms with Crippen molar-refractivity contribution in [2.45, 2.75) is 51.6 Å². The largest absolute Gasteiger partial charge is 0.494 e. The molecule has 0 radical (unpaired) electrons. The summed E-state index contributed by atoms with van der Waals surface area (Å²) in [6.07, 6.45) is 6.02. The molecule has 300 valence electrons. The van der Waals surface area contributed by atoms with E-state index in [1.807, 2.05) is 0 Å². The highest BCUT2D eigenvalue weighted by atomic mass is 16.6. The monoisotopic (exact) mass is 742 g/mol. The zero-order valence-electron chi connectivity index (χ0n) is 31.5. The first kappa shape index (κ1) is 45.2. The molecule has 0 bridgehead atoms. The fourth-order valence-electron chi connectivity index (χ4n) is 5.28. The van der Waals surface area contributed by atoms with Gasteiger partial charge in [-0.3, -0.25) is 4.79 Å². The van der Waals surface area contributed by atoms with Crippen molar-refractivity contribution in [1.82, 2.24) is 36.1 Å².